The molecule has 3 aromatic heterocycles. The number of nitrogens with zero attached hydrogens (tertiary/aromatic N) is 5. The van der Waals surface area contributed by atoms with Crippen molar-refractivity contribution in [2.45, 2.75) is 38.6 Å². The van der Waals surface area contributed by atoms with Gasteiger partial charge in [-0.1, -0.05) is 12.8 Å². The summed E-state index contributed by atoms with van der Waals surface area (Å²) >= 11 is 0. The molecule has 1 saturated heterocycles. The molecule has 1 aliphatic carbocycles. The minimum absolute atomic E-state index is 0.222. The fourth-order valence-corrected chi connectivity index (χ4v) is 5.02. The number of pyridine rings is 1. The van der Waals surface area contributed by atoms with Crippen LogP contribution in [0.25, 0.3) is 16.8 Å². The van der Waals surface area contributed by atoms with Crippen molar-refractivity contribution in [3.05, 3.63) is 42.0 Å². The Kier molecular flexibility index (Phi) is 6.04. The summed E-state index contributed by atoms with van der Waals surface area (Å²) < 4.78 is 2.20. The second-order valence-electron chi connectivity index (χ2n) is 8.79. The molecule has 9 heteroatoms. The van der Waals surface area contributed by atoms with Crippen LogP contribution >= 0.6 is 0 Å². The summed E-state index contributed by atoms with van der Waals surface area (Å²) in [5, 5.41) is 21.3. The lowest BCUT2D eigenvalue weighted by Crippen LogP contribution is -2.43. The van der Waals surface area contributed by atoms with E-state index >= 15 is 0 Å². The van der Waals surface area contributed by atoms with Gasteiger partial charge in [-0.05, 0) is 37.5 Å². The average molecular weight is 449 g/mol. The molecular formula is C24H32N8O. The molecule has 9 nitrogen and oxygen atoms in total. The molecule has 174 valence electrons. The van der Waals surface area contributed by atoms with E-state index in [1.807, 2.05) is 25.4 Å². The fraction of sp³-hybridized carbons (Fsp3) is 0.458. The number of fused-ring (bicyclic) bond motifs is 1. The Bertz CT molecular complexity index is 1140. The van der Waals surface area contributed by atoms with Gasteiger partial charge in [-0.3, -0.25) is 0 Å². The molecule has 0 amide bonds. The number of hydrogen-bond donors (Lipinski definition) is 4. The van der Waals surface area contributed by atoms with Crippen LogP contribution in [0.3, 0.4) is 0 Å². The highest BCUT2D eigenvalue weighted by Gasteiger charge is 2.27. The third-order valence-electron chi connectivity index (χ3n) is 6.68. The van der Waals surface area contributed by atoms with E-state index in [0.717, 1.165) is 67.0 Å². The van der Waals surface area contributed by atoms with E-state index in [0.29, 0.717) is 17.8 Å². The highest BCUT2D eigenvalue weighted by molar-refractivity contribution is 5.86. The van der Waals surface area contributed by atoms with Crippen LogP contribution in [0.1, 0.15) is 43.0 Å². The summed E-state index contributed by atoms with van der Waals surface area (Å²) in [4.78, 5) is 16.3. The van der Waals surface area contributed by atoms with Gasteiger partial charge in [0.1, 0.15) is 11.5 Å². The molecule has 0 unspecified atom stereocenters. The van der Waals surface area contributed by atoms with Crippen molar-refractivity contribution < 1.29 is 5.11 Å². The number of nitrogens with one attached hydrogen (secondary N) is 3. The van der Waals surface area contributed by atoms with Crippen LogP contribution in [0.15, 0.2) is 30.7 Å². The highest BCUT2D eigenvalue weighted by Crippen LogP contribution is 2.38. The van der Waals surface area contributed by atoms with Gasteiger partial charge >= 0.3 is 0 Å². The third kappa shape index (κ3) is 4.20. The Labute approximate surface area is 193 Å². The lowest BCUT2D eigenvalue weighted by atomic mass is 10.2. The van der Waals surface area contributed by atoms with E-state index < -0.39 is 0 Å². The van der Waals surface area contributed by atoms with Crippen LogP contribution < -0.4 is 20.9 Å². The SMILES string of the molecule is CN/C=C(\O)c1c(C)c2cnc(Nc3ccc(N4CCNCC4)cn3)nc2n1C1CCCC1. The lowest BCUT2D eigenvalue weighted by molar-refractivity contribution is 0.474. The number of aliphatic hydroxyl groups excluding tert-OH is 1. The fourth-order valence-electron chi connectivity index (χ4n) is 5.02. The van der Waals surface area contributed by atoms with Crippen molar-refractivity contribution in [3.8, 4) is 0 Å². The van der Waals surface area contributed by atoms with Crippen molar-refractivity contribution in [1.29, 1.82) is 0 Å². The maximum absolute atomic E-state index is 10.8. The van der Waals surface area contributed by atoms with Gasteiger partial charge in [0.15, 0.2) is 5.76 Å². The van der Waals surface area contributed by atoms with Crippen molar-refractivity contribution in [2.24, 2.45) is 0 Å². The summed E-state index contributed by atoms with van der Waals surface area (Å²) in [6.07, 6.45) is 9.93. The molecule has 33 heavy (non-hydrogen) atoms. The summed E-state index contributed by atoms with van der Waals surface area (Å²) in [6.45, 7) is 5.99. The summed E-state index contributed by atoms with van der Waals surface area (Å²) in [6, 6.07) is 4.38. The first-order chi connectivity index (χ1) is 16.2. The van der Waals surface area contributed by atoms with Gasteiger partial charge in [-0.15, -0.1) is 0 Å². The Morgan fingerprint density at radius 1 is 1.15 bits per heavy atom. The second kappa shape index (κ2) is 9.27. The Hall–Kier alpha value is -3.33. The van der Waals surface area contributed by atoms with E-state index in [1.165, 1.54) is 12.8 Å². The molecule has 0 atom stereocenters. The number of aliphatic hydroxyl groups is 1. The number of hydrogen-bond acceptors (Lipinski definition) is 8. The maximum atomic E-state index is 10.8. The molecule has 5 rings (SSSR count). The smallest absolute Gasteiger partial charge is 0.230 e. The number of rotatable bonds is 6. The maximum Gasteiger partial charge on any atom is 0.230 e. The van der Waals surface area contributed by atoms with Crippen LogP contribution in [-0.4, -0.2) is 57.9 Å². The normalized spacial score (nSPS) is 17.6. The van der Waals surface area contributed by atoms with Crippen LogP contribution in [0.4, 0.5) is 17.5 Å². The summed E-state index contributed by atoms with van der Waals surface area (Å²) in [7, 11) is 1.79. The van der Waals surface area contributed by atoms with E-state index in [2.05, 4.69) is 41.5 Å². The highest BCUT2D eigenvalue weighted by atomic mass is 16.3. The largest absolute Gasteiger partial charge is 0.504 e. The minimum Gasteiger partial charge on any atom is -0.504 e. The van der Waals surface area contributed by atoms with Crippen molar-refractivity contribution in [3.63, 3.8) is 0 Å². The topological polar surface area (TPSA) is 103 Å². The molecule has 0 radical (unpaired) electrons. The molecule has 1 saturated carbocycles. The number of anilines is 3. The minimum atomic E-state index is 0.222. The molecule has 0 spiro atoms. The van der Waals surface area contributed by atoms with Crippen molar-refractivity contribution in [1.82, 2.24) is 30.2 Å². The van der Waals surface area contributed by atoms with Gasteiger partial charge in [0.2, 0.25) is 5.95 Å². The predicted molar refractivity (Wildman–Crippen MR) is 132 cm³/mol. The van der Waals surface area contributed by atoms with E-state index in [4.69, 9.17) is 4.98 Å². The number of piperazine rings is 1. The molecule has 0 bridgehead atoms. The van der Waals surface area contributed by atoms with Gasteiger partial charge in [-0.25, -0.2) is 9.97 Å². The second-order valence-corrected chi connectivity index (χ2v) is 8.79. The van der Waals surface area contributed by atoms with Gasteiger partial charge in [0, 0.05) is 57.1 Å². The zero-order chi connectivity index (χ0) is 22.8. The zero-order valence-electron chi connectivity index (χ0n) is 19.3. The lowest BCUT2D eigenvalue weighted by Gasteiger charge is -2.29. The van der Waals surface area contributed by atoms with Crippen LogP contribution in [0.2, 0.25) is 0 Å². The van der Waals surface area contributed by atoms with Crippen LogP contribution in [0, 0.1) is 6.92 Å². The molecule has 2 aliphatic rings. The van der Waals surface area contributed by atoms with Gasteiger partial charge < -0.3 is 30.5 Å². The summed E-state index contributed by atoms with van der Waals surface area (Å²) in [5.74, 6) is 1.44. The Morgan fingerprint density at radius 2 is 1.94 bits per heavy atom. The van der Waals surface area contributed by atoms with E-state index in [1.54, 1.807) is 13.2 Å². The molecule has 2 fully saturated rings. The number of aryl methyl sites for hydroxylation is 1. The molecule has 4 N–H and O–H groups in total. The molecular weight excluding hydrogens is 416 g/mol. The summed E-state index contributed by atoms with van der Waals surface area (Å²) in [5.41, 5.74) is 3.78. The van der Waals surface area contributed by atoms with Gasteiger partial charge in [0.05, 0.1) is 17.6 Å². The quantitative estimate of drug-likeness (QED) is 0.425. The van der Waals surface area contributed by atoms with Crippen LogP contribution in [0.5, 0.6) is 0 Å². The number of aromatic nitrogens is 4. The van der Waals surface area contributed by atoms with Crippen molar-refractivity contribution >= 4 is 34.2 Å². The standard InChI is InChI=1S/C24H32N8O/c1-16-19-14-28-24(29-21-8-7-18(13-27-21)31-11-9-26-10-12-31)30-23(19)32(17-5-3-4-6-17)22(16)20(33)15-25-2/h7-8,13-15,17,25-26,33H,3-6,9-12H2,1-2H3,(H,27,28,29,30)/b20-15-. The first kappa shape index (κ1) is 21.5. The molecule has 0 aromatic carbocycles. The Morgan fingerprint density at radius 3 is 2.64 bits per heavy atom. The zero-order valence-corrected chi connectivity index (χ0v) is 19.3. The van der Waals surface area contributed by atoms with E-state index in [9.17, 15) is 5.11 Å². The first-order valence-electron chi connectivity index (χ1n) is 11.8. The third-order valence-corrected chi connectivity index (χ3v) is 6.68. The molecule has 4 heterocycles. The molecule has 3 aromatic rings. The Balaban J connectivity index is 1.47. The predicted octanol–water partition coefficient (Wildman–Crippen LogP) is 3.48. The monoisotopic (exact) mass is 448 g/mol. The van der Waals surface area contributed by atoms with Gasteiger partial charge in [-0.2, -0.15) is 4.98 Å². The van der Waals surface area contributed by atoms with Gasteiger partial charge in [0.25, 0.3) is 0 Å². The first-order valence-corrected chi connectivity index (χ1v) is 11.8. The average Bonchev–Trinajstić information content (AvgIpc) is 3.46. The van der Waals surface area contributed by atoms with Crippen molar-refractivity contribution in [2.75, 3.05) is 43.4 Å². The van der Waals surface area contributed by atoms with Crippen LogP contribution in [-0.2, 0) is 0 Å². The molecule has 1 aliphatic heterocycles. The van der Waals surface area contributed by atoms with E-state index in [-0.39, 0.29) is 5.76 Å².